The van der Waals surface area contributed by atoms with Gasteiger partial charge in [0.2, 0.25) is 0 Å². The van der Waals surface area contributed by atoms with Gasteiger partial charge in [0, 0.05) is 25.2 Å². The monoisotopic (exact) mass is 355 g/mol. The molecule has 2 amide bonds. The SMILES string of the molecule is CCOC(=O)C1CCCN(C(=O)NC2CC(N(CC)CC(=O)O)C2)C1. The van der Waals surface area contributed by atoms with Gasteiger partial charge >= 0.3 is 18.0 Å². The van der Waals surface area contributed by atoms with Crippen LogP contribution >= 0.6 is 0 Å². The normalized spacial score (nSPS) is 26.0. The Labute approximate surface area is 148 Å². The van der Waals surface area contributed by atoms with Crippen molar-refractivity contribution in [2.45, 2.75) is 51.6 Å². The average molecular weight is 355 g/mol. The van der Waals surface area contributed by atoms with Gasteiger partial charge in [-0.1, -0.05) is 6.92 Å². The molecule has 0 radical (unpaired) electrons. The van der Waals surface area contributed by atoms with E-state index < -0.39 is 5.97 Å². The maximum atomic E-state index is 12.4. The van der Waals surface area contributed by atoms with Crippen molar-refractivity contribution in [2.24, 2.45) is 5.92 Å². The van der Waals surface area contributed by atoms with Gasteiger partial charge in [-0.15, -0.1) is 0 Å². The van der Waals surface area contributed by atoms with Crippen molar-refractivity contribution in [2.75, 3.05) is 32.8 Å². The highest BCUT2D eigenvalue weighted by Gasteiger charge is 2.36. The minimum Gasteiger partial charge on any atom is -0.480 e. The number of urea groups is 1. The molecule has 2 fully saturated rings. The van der Waals surface area contributed by atoms with Crippen LogP contribution in [0.1, 0.15) is 39.5 Å². The second-order valence-electron chi connectivity index (χ2n) is 6.77. The van der Waals surface area contributed by atoms with Crippen LogP contribution in [0, 0.1) is 5.92 Å². The molecule has 2 aliphatic rings. The third-order valence-electron chi connectivity index (χ3n) is 5.03. The van der Waals surface area contributed by atoms with E-state index in [4.69, 9.17) is 9.84 Å². The largest absolute Gasteiger partial charge is 0.480 e. The van der Waals surface area contributed by atoms with Gasteiger partial charge in [0.1, 0.15) is 0 Å². The summed E-state index contributed by atoms with van der Waals surface area (Å²) >= 11 is 0. The van der Waals surface area contributed by atoms with Crippen LogP contribution in [-0.4, -0.2) is 77.7 Å². The third-order valence-corrected chi connectivity index (χ3v) is 5.03. The van der Waals surface area contributed by atoms with Gasteiger partial charge in [0.25, 0.3) is 0 Å². The lowest BCUT2D eigenvalue weighted by atomic mass is 9.85. The lowest BCUT2D eigenvalue weighted by molar-refractivity contribution is -0.149. The van der Waals surface area contributed by atoms with Gasteiger partial charge in [-0.25, -0.2) is 4.79 Å². The fourth-order valence-corrected chi connectivity index (χ4v) is 3.56. The molecule has 142 valence electrons. The number of piperidine rings is 1. The number of likely N-dealkylation sites (tertiary alicyclic amines) is 1. The van der Waals surface area contributed by atoms with Crippen molar-refractivity contribution in [1.29, 1.82) is 0 Å². The molecule has 0 bridgehead atoms. The lowest BCUT2D eigenvalue weighted by Crippen LogP contribution is -2.57. The molecule has 1 unspecified atom stereocenters. The number of carboxylic acids is 1. The van der Waals surface area contributed by atoms with Crippen LogP contribution < -0.4 is 5.32 Å². The summed E-state index contributed by atoms with van der Waals surface area (Å²) in [5, 5.41) is 11.9. The fourth-order valence-electron chi connectivity index (χ4n) is 3.56. The molecule has 1 aliphatic heterocycles. The quantitative estimate of drug-likeness (QED) is 0.659. The molecule has 0 aromatic heterocycles. The number of carboxylic acid groups (broad SMARTS) is 1. The number of likely N-dealkylation sites (N-methyl/N-ethyl adjacent to an activating group) is 1. The third kappa shape index (κ3) is 5.32. The molecular weight excluding hydrogens is 326 g/mol. The van der Waals surface area contributed by atoms with E-state index in [0.29, 0.717) is 26.2 Å². The number of carbonyl (C=O) groups excluding carboxylic acids is 2. The van der Waals surface area contributed by atoms with E-state index in [1.807, 2.05) is 11.8 Å². The Morgan fingerprint density at radius 3 is 2.60 bits per heavy atom. The van der Waals surface area contributed by atoms with Gasteiger partial charge in [-0.2, -0.15) is 0 Å². The van der Waals surface area contributed by atoms with Crippen molar-refractivity contribution in [3.05, 3.63) is 0 Å². The summed E-state index contributed by atoms with van der Waals surface area (Å²) in [5.74, 6) is -1.29. The number of nitrogens with zero attached hydrogens (tertiary/aromatic N) is 2. The fraction of sp³-hybridized carbons (Fsp3) is 0.824. The molecule has 0 aromatic rings. The van der Waals surface area contributed by atoms with Crippen molar-refractivity contribution < 1.29 is 24.2 Å². The zero-order valence-corrected chi connectivity index (χ0v) is 15.1. The van der Waals surface area contributed by atoms with Crippen molar-refractivity contribution in [3.63, 3.8) is 0 Å². The Morgan fingerprint density at radius 2 is 2.00 bits per heavy atom. The second kappa shape index (κ2) is 9.03. The Hall–Kier alpha value is -1.83. The molecule has 1 saturated heterocycles. The molecule has 1 aliphatic carbocycles. The van der Waals surface area contributed by atoms with Gasteiger partial charge in [-0.3, -0.25) is 14.5 Å². The molecule has 0 aromatic carbocycles. The summed E-state index contributed by atoms with van der Waals surface area (Å²) in [6.45, 7) is 5.86. The summed E-state index contributed by atoms with van der Waals surface area (Å²) in [5.41, 5.74) is 0. The molecule has 0 spiro atoms. The highest BCUT2D eigenvalue weighted by molar-refractivity contribution is 5.77. The summed E-state index contributed by atoms with van der Waals surface area (Å²) in [6.07, 6.45) is 3.09. The molecule has 1 saturated carbocycles. The van der Waals surface area contributed by atoms with E-state index >= 15 is 0 Å². The zero-order chi connectivity index (χ0) is 18.4. The highest BCUT2D eigenvalue weighted by atomic mass is 16.5. The van der Waals surface area contributed by atoms with E-state index in [-0.39, 0.29) is 36.5 Å². The first-order valence-electron chi connectivity index (χ1n) is 9.12. The molecule has 1 atom stereocenters. The van der Waals surface area contributed by atoms with Crippen LogP contribution in [0.3, 0.4) is 0 Å². The number of rotatable bonds is 7. The number of nitrogens with one attached hydrogen (secondary N) is 1. The summed E-state index contributed by atoms with van der Waals surface area (Å²) in [7, 11) is 0. The molecule has 8 heteroatoms. The number of hydrogen-bond acceptors (Lipinski definition) is 5. The van der Waals surface area contributed by atoms with Crippen LogP contribution in [0.4, 0.5) is 4.79 Å². The first-order valence-corrected chi connectivity index (χ1v) is 9.12. The van der Waals surface area contributed by atoms with Crippen LogP contribution in [0.2, 0.25) is 0 Å². The minimum atomic E-state index is -0.826. The number of amides is 2. The standard InChI is InChI=1S/C17H29N3O5/c1-3-19(11-15(21)22)14-8-13(9-14)18-17(24)20-7-5-6-12(10-20)16(23)25-4-2/h12-14H,3-11H2,1-2H3,(H,18,24)(H,21,22). The predicted molar refractivity (Wildman–Crippen MR) is 91.2 cm³/mol. The first kappa shape index (κ1) is 19.5. The van der Waals surface area contributed by atoms with Gasteiger partial charge in [0.15, 0.2) is 0 Å². The topological polar surface area (TPSA) is 99.2 Å². The van der Waals surface area contributed by atoms with Crippen molar-refractivity contribution in [1.82, 2.24) is 15.1 Å². The van der Waals surface area contributed by atoms with Crippen molar-refractivity contribution in [3.8, 4) is 0 Å². The zero-order valence-electron chi connectivity index (χ0n) is 15.1. The summed E-state index contributed by atoms with van der Waals surface area (Å²) in [6, 6.07) is 0.141. The number of carbonyl (C=O) groups is 3. The second-order valence-corrected chi connectivity index (χ2v) is 6.77. The van der Waals surface area contributed by atoms with Crippen molar-refractivity contribution >= 4 is 18.0 Å². The number of hydrogen-bond donors (Lipinski definition) is 2. The summed E-state index contributed by atoms with van der Waals surface area (Å²) < 4.78 is 5.06. The van der Waals surface area contributed by atoms with Gasteiger partial charge in [-0.05, 0) is 39.2 Å². The Bertz CT molecular complexity index is 493. The maximum absolute atomic E-state index is 12.4. The van der Waals surface area contributed by atoms with E-state index in [2.05, 4.69) is 5.32 Å². The Morgan fingerprint density at radius 1 is 1.28 bits per heavy atom. The van der Waals surface area contributed by atoms with Gasteiger partial charge < -0.3 is 20.1 Å². The lowest BCUT2D eigenvalue weighted by Gasteiger charge is -2.43. The van der Waals surface area contributed by atoms with E-state index in [0.717, 1.165) is 25.7 Å². The first-order chi connectivity index (χ1) is 11.9. The maximum Gasteiger partial charge on any atom is 0.317 e. The van der Waals surface area contributed by atoms with Crippen LogP contribution in [0.5, 0.6) is 0 Å². The average Bonchev–Trinajstić information content (AvgIpc) is 2.56. The molecular formula is C17H29N3O5. The highest BCUT2D eigenvalue weighted by Crippen LogP contribution is 2.26. The molecule has 2 N–H and O–H groups in total. The number of ether oxygens (including phenoxy) is 1. The molecule has 1 heterocycles. The minimum absolute atomic E-state index is 0.0369. The van der Waals surface area contributed by atoms with Crippen LogP contribution in [-0.2, 0) is 14.3 Å². The molecule has 8 nitrogen and oxygen atoms in total. The van der Waals surface area contributed by atoms with Gasteiger partial charge in [0.05, 0.1) is 19.1 Å². The van der Waals surface area contributed by atoms with E-state index in [1.165, 1.54) is 0 Å². The van der Waals surface area contributed by atoms with E-state index in [1.54, 1.807) is 11.8 Å². The number of aliphatic carboxylic acids is 1. The molecule has 25 heavy (non-hydrogen) atoms. The van der Waals surface area contributed by atoms with Crippen LogP contribution in [0.25, 0.3) is 0 Å². The van der Waals surface area contributed by atoms with E-state index in [9.17, 15) is 14.4 Å². The molecule has 2 rings (SSSR count). The Balaban J connectivity index is 1.75. The number of esters is 1. The van der Waals surface area contributed by atoms with Crippen LogP contribution in [0.15, 0.2) is 0 Å². The predicted octanol–water partition coefficient (Wildman–Crippen LogP) is 0.909. The smallest absolute Gasteiger partial charge is 0.317 e. The summed E-state index contributed by atoms with van der Waals surface area (Å²) in [4.78, 5) is 38.7. The Kier molecular flexibility index (Phi) is 7.04.